The highest BCUT2D eigenvalue weighted by Gasteiger charge is 2.71. The van der Waals surface area contributed by atoms with Gasteiger partial charge in [-0.05, 0) is 53.9 Å². The lowest BCUT2D eigenvalue weighted by Gasteiger charge is -2.25. The van der Waals surface area contributed by atoms with Crippen LogP contribution >= 0.6 is 0 Å². The molecule has 0 bridgehead atoms. The number of fused-ring (bicyclic) bond motifs is 3. The molecule has 0 amide bonds. The van der Waals surface area contributed by atoms with Crippen molar-refractivity contribution in [1.29, 1.82) is 0 Å². The van der Waals surface area contributed by atoms with E-state index >= 15 is 0 Å². The summed E-state index contributed by atoms with van der Waals surface area (Å²) in [6.45, 7) is 6.74. The van der Waals surface area contributed by atoms with Gasteiger partial charge < -0.3 is 4.90 Å². The van der Waals surface area contributed by atoms with Crippen LogP contribution in [0.15, 0.2) is 70.1 Å². The van der Waals surface area contributed by atoms with Gasteiger partial charge in [-0.3, -0.25) is 0 Å². The van der Waals surface area contributed by atoms with Gasteiger partial charge in [0.2, 0.25) is 0 Å². The van der Waals surface area contributed by atoms with Crippen molar-refractivity contribution in [2.75, 3.05) is 13.1 Å². The van der Waals surface area contributed by atoms with Gasteiger partial charge in [0, 0.05) is 19.5 Å². The van der Waals surface area contributed by atoms with E-state index in [9.17, 15) is 60.7 Å². The number of halogens is 10. The number of allylic oxidation sites excluding steroid dienone is 2. The Balaban J connectivity index is 0.000000404. The van der Waals surface area contributed by atoms with Crippen molar-refractivity contribution in [2.24, 2.45) is 0 Å². The monoisotopic (exact) mass is 681 g/mol. The Kier molecular flexibility index (Phi) is 9.67. The highest BCUT2D eigenvalue weighted by Crippen LogP contribution is 2.52. The summed E-state index contributed by atoms with van der Waals surface area (Å²) in [5.74, 6) is 0. The fourth-order valence-corrected chi connectivity index (χ4v) is 7.76. The Morgan fingerprint density at radius 2 is 1.34 bits per heavy atom. The van der Waals surface area contributed by atoms with E-state index in [4.69, 9.17) is 0 Å². The fourth-order valence-electron chi connectivity index (χ4n) is 4.51. The van der Waals surface area contributed by atoms with Crippen molar-refractivity contribution < 1.29 is 60.7 Å². The predicted octanol–water partition coefficient (Wildman–Crippen LogP) is 7.68. The lowest BCUT2D eigenvalue weighted by atomic mass is 10.1. The first kappa shape index (κ1) is 35.4. The summed E-state index contributed by atoms with van der Waals surface area (Å²) in [6.07, 6.45) is -5.44. The minimum atomic E-state index is -7.20. The van der Waals surface area contributed by atoms with Crippen LogP contribution in [-0.4, -0.2) is 57.7 Å². The van der Waals surface area contributed by atoms with Crippen LogP contribution < -0.4 is 0 Å². The second-order valence-corrected chi connectivity index (χ2v) is 13.9. The molecule has 244 valence electrons. The number of nitrogens with zero attached hydrogens (tertiary/aromatic N) is 1. The van der Waals surface area contributed by atoms with Crippen molar-refractivity contribution in [3.8, 4) is 11.1 Å². The molecule has 0 spiro atoms. The number of benzene rings is 2. The van der Waals surface area contributed by atoms with Crippen LogP contribution in [-0.2, 0) is 26.1 Å². The normalized spacial score (nSPS) is 15.7. The van der Waals surface area contributed by atoms with Crippen molar-refractivity contribution in [3.05, 3.63) is 71.5 Å². The average molecular weight is 682 g/mol. The van der Waals surface area contributed by atoms with Gasteiger partial charge >= 0.3 is 22.9 Å². The van der Waals surface area contributed by atoms with Crippen molar-refractivity contribution >= 4 is 19.7 Å². The minimum absolute atomic E-state index is 0.0332. The zero-order valence-electron chi connectivity index (χ0n) is 22.9. The van der Waals surface area contributed by atoms with E-state index in [1.165, 1.54) is 49.2 Å². The number of hydrogen-bond acceptors (Lipinski definition) is 5. The molecule has 0 fully saturated rings. The zero-order valence-corrected chi connectivity index (χ0v) is 24.5. The zero-order chi connectivity index (χ0) is 33.5. The fraction of sp³-hybridized carbons (Fsp3) is 0.407. The second kappa shape index (κ2) is 12.0. The van der Waals surface area contributed by atoms with E-state index in [0.717, 1.165) is 6.54 Å². The molecular weight excluding hydrogens is 656 g/mol. The Bertz CT molecular complexity index is 1680. The van der Waals surface area contributed by atoms with E-state index in [2.05, 4.69) is 37.1 Å². The van der Waals surface area contributed by atoms with Gasteiger partial charge in [0.05, 0.1) is 9.79 Å². The first-order chi connectivity index (χ1) is 20.0. The third-order valence-corrected chi connectivity index (χ3v) is 10.6. The predicted molar refractivity (Wildman–Crippen MR) is 140 cm³/mol. The molecular formula is C27H25F10NO4S2. The molecule has 0 atom stereocenters. The van der Waals surface area contributed by atoms with Crippen molar-refractivity contribution in [3.63, 3.8) is 0 Å². The smallest absolute Gasteiger partial charge is 0.373 e. The maximum absolute atomic E-state index is 14.0. The lowest BCUT2D eigenvalue weighted by molar-refractivity contribution is -0.242. The van der Waals surface area contributed by atoms with Crippen molar-refractivity contribution in [2.45, 2.75) is 65.8 Å². The third kappa shape index (κ3) is 6.21. The highest BCUT2D eigenvalue weighted by molar-refractivity contribution is 7.95. The Morgan fingerprint density at radius 1 is 0.773 bits per heavy atom. The van der Waals surface area contributed by atoms with Crippen LogP contribution in [0.4, 0.5) is 43.9 Å². The standard InChI is InChI=1S/C17H8F10O4S2.C10H17N/c18-14(19,20)16(24,25)32(28,29)12-6-5-10-9-4-2-1-3-8(9)7-11(10)13(12)33(30,31)17(26,27)15(21,22)23;1-3-4-7-11-8-5-6-10(2)9-11/h1-6H,7H2;5-6,8H,3-4,7,9H2,1-2H3. The SMILES string of the molecule is CCCCN1C=CC=C(C)C1.O=S(=O)(c1ccc2c(c1S(=O)(=O)C(F)(F)C(F)(F)F)Cc1ccccc1-2)C(F)(F)C(F)(F)F. The molecule has 17 heteroatoms. The van der Waals surface area contributed by atoms with Crippen LogP contribution in [0.25, 0.3) is 11.1 Å². The maximum Gasteiger partial charge on any atom is 0.469 e. The number of hydrogen-bond donors (Lipinski definition) is 0. The summed E-state index contributed by atoms with van der Waals surface area (Å²) >= 11 is 0. The molecule has 1 aliphatic heterocycles. The van der Waals surface area contributed by atoms with Crippen molar-refractivity contribution in [1.82, 2.24) is 4.90 Å². The van der Waals surface area contributed by atoms with Crippen LogP contribution in [0.2, 0.25) is 0 Å². The molecule has 1 heterocycles. The summed E-state index contributed by atoms with van der Waals surface area (Å²) in [7, 11) is -14.4. The van der Waals surface area contributed by atoms with Gasteiger partial charge in [-0.25, -0.2) is 16.8 Å². The molecule has 5 nitrogen and oxygen atoms in total. The Hall–Kier alpha value is -3.08. The summed E-state index contributed by atoms with van der Waals surface area (Å²) in [5, 5.41) is -13.4. The molecule has 4 rings (SSSR count). The first-order valence-electron chi connectivity index (χ1n) is 12.7. The van der Waals surface area contributed by atoms with Gasteiger partial charge in [0.1, 0.15) is 0 Å². The van der Waals surface area contributed by atoms with E-state index in [1.807, 2.05) is 0 Å². The van der Waals surface area contributed by atoms with Crippen LogP contribution in [0.1, 0.15) is 37.8 Å². The van der Waals surface area contributed by atoms with Gasteiger partial charge in [-0.15, -0.1) is 0 Å². The molecule has 2 aromatic carbocycles. The van der Waals surface area contributed by atoms with E-state index in [0.29, 0.717) is 6.07 Å². The van der Waals surface area contributed by atoms with Crippen LogP contribution in [0, 0.1) is 0 Å². The second-order valence-electron chi connectivity index (χ2n) is 9.97. The number of unbranched alkanes of at least 4 members (excludes halogenated alkanes) is 1. The lowest BCUT2D eigenvalue weighted by Crippen LogP contribution is -2.47. The van der Waals surface area contributed by atoms with E-state index in [1.54, 1.807) is 0 Å². The molecule has 0 saturated heterocycles. The number of sulfone groups is 2. The van der Waals surface area contributed by atoms with Gasteiger partial charge in [0.25, 0.3) is 19.7 Å². The largest absolute Gasteiger partial charge is 0.469 e. The van der Waals surface area contributed by atoms with Crippen LogP contribution in [0.5, 0.6) is 0 Å². The molecule has 0 N–H and O–H groups in total. The minimum Gasteiger partial charge on any atom is -0.373 e. The molecule has 0 saturated carbocycles. The summed E-state index contributed by atoms with van der Waals surface area (Å²) in [5.41, 5.74) is 0.0708. The average Bonchev–Trinajstić information content (AvgIpc) is 3.29. The summed E-state index contributed by atoms with van der Waals surface area (Å²) < 4.78 is 181. The maximum atomic E-state index is 14.0. The summed E-state index contributed by atoms with van der Waals surface area (Å²) in [4.78, 5) is -2.62. The molecule has 44 heavy (non-hydrogen) atoms. The van der Waals surface area contributed by atoms with Crippen LogP contribution in [0.3, 0.4) is 0 Å². The van der Waals surface area contributed by atoms with Gasteiger partial charge in [-0.1, -0.05) is 55.3 Å². The summed E-state index contributed by atoms with van der Waals surface area (Å²) in [6, 6.07) is 5.54. The van der Waals surface area contributed by atoms with E-state index < -0.39 is 69.9 Å². The topological polar surface area (TPSA) is 71.5 Å². The highest BCUT2D eigenvalue weighted by atomic mass is 32.2. The number of alkyl halides is 10. The molecule has 1 aliphatic carbocycles. The Morgan fingerprint density at radius 3 is 1.89 bits per heavy atom. The number of rotatable bonds is 7. The molecule has 0 aromatic heterocycles. The Labute approximate surface area is 246 Å². The molecule has 0 radical (unpaired) electrons. The molecule has 2 aromatic rings. The van der Waals surface area contributed by atoms with E-state index in [-0.39, 0.29) is 17.2 Å². The van der Waals surface area contributed by atoms with Gasteiger partial charge in [-0.2, -0.15) is 43.9 Å². The first-order valence-corrected chi connectivity index (χ1v) is 15.7. The molecule has 0 unspecified atom stereocenters. The molecule has 2 aliphatic rings. The van der Waals surface area contributed by atoms with Gasteiger partial charge in [0.15, 0.2) is 0 Å². The quantitative estimate of drug-likeness (QED) is 0.240. The third-order valence-electron chi connectivity index (χ3n) is 6.72.